The molecule has 1 atom stereocenters. The summed E-state index contributed by atoms with van der Waals surface area (Å²) >= 11 is 0. The van der Waals surface area contributed by atoms with Crippen molar-refractivity contribution in [1.29, 1.82) is 0 Å². The molecule has 0 saturated heterocycles. The summed E-state index contributed by atoms with van der Waals surface area (Å²) in [6.07, 6.45) is 2.22. The average molecular weight is 329 g/mol. The molecule has 1 aromatic rings. The van der Waals surface area contributed by atoms with Crippen molar-refractivity contribution in [3.63, 3.8) is 0 Å². The van der Waals surface area contributed by atoms with Gasteiger partial charge in [-0.25, -0.2) is 4.79 Å². The zero-order valence-electron chi connectivity index (χ0n) is 11.9. The molecule has 0 aliphatic carbocycles. The zero-order valence-corrected chi connectivity index (χ0v) is 12.8. The number of aliphatic carboxylic acids is 1. The Balaban J connectivity index is 2.33. The van der Waals surface area contributed by atoms with E-state index in [4.69, 9.17) is 9.66 Å². The molecule has 0 bridgehead atoms. The Kier molecular flexibility index (Phi) is 7.00. The first kappa shape index (κ1) is 18.1. The third-order valence-corrected chi connectivity index (χ3v) is 3.73. The summed E-state index contributed by atoms with van der Waals surface area (Å²) in [6, 6.07) is 8.08. The van der Waals surface area contributed by atoms with Crippen molar-refractivity contribution in [2.45, 2.75) is 31.7 Å². The minimum absolute atomic E-state index is 0.0993. The Bertz CT molecular complexity index is 599. The van der Waals surface area contributed by atoms with Gasteiger partial charge < -0.3 is 10.4 Å². The number of hydrogen-bond donors (Lipinski definition) is 3. The van der Waals surface area contributed by atoms with Gasteiger partial charge in [0.1, 0.15) is 11.8 Å². The van der Waals surface area contributed by atoms with E-state index >= 15 is 0 Å². The lowest BCUT2D eigenvalue weighted by molar-refractivity contribution is -0.141. The van der Waals surface area contributed by atoms with Crippen LogP contribution in [-0.4, -0.2) is 41.7 Å². The minimum Gasteiger partial charge on any atom is -0.480 e. The van der Waals surface area contributed by atoms with Gasteiger partial charge in [-0.1, -0.05) is 30.3 Å². The van der Waals surface area contributed by atoms with Crippen molar-refractivity contribution in [2.75, 3.05) is 5.75 Å². The van der Waals surface area contributed by atoms with Crippen LogP contribution in [-0.2, 0) is 26.1 Å². The van der Waals surface area contributed by atoms with E-state index in [0.717, 1.165) is 18.4 Å². The highest BCUT2D eigenvalue weighted by atomic mass is 32.2. The Labute approximate surface area is 129 Å². The van der Waals surface area contributed by atoms with Crippen LogP contribution in [0.15, 0.2) is 30.3 Å². The highest BCUT2D eigenvalue weighted by Crippen LogP contribution is 2.06. The fourth-order valence-electron chi connectivity index (χ4n) is 1.91. The van der Waals surface area contributed by atoms with E-state index in [0.29, 0.717) is 6.42 Å². The predicted molar refractivity (Wildman–Crippen MR) is 80.0 cm³/mol. The molecule has 0 radical (unpaired) electrons. The molecule has 0 fully saturated rings. The van der Waals surface area contributed by atoms with Crippen LogP contribution in [0.1, 0.15) is 24.8 Å². The molecule has 122 valence electrons. The molecule has 0 spiro atoms. The minimum atomic E-state index is -4.47. The topological polar surface area (TPSA) is 121 Å². The monoisotopic (exact) mass is 329 g/mol. The van der Waals surface area contributed by atoms with Crippen LogP contribution in [0.5, 0.6) is 0 Å². The molecule has 8 heteroatoms. The molecule has 0 aliphatic rings. The quantitative estimate of drug-likeness (QED) is 0.456. The summed E-state index contributed by atoms with van der Waals surface area (Å²) in [7, 11) is -4.47. The summed E-state index contributed by atoms with van der Waals surface area (Å²) in [5, 5.41) is 10.9. The Morgan fingerprint density at radius 1 is 1.14 bits per heavy atom. The van der Waals surface area contributed by atoms with Crippen LogP contribution >= 0.6 is 0 Å². The van der Waals surface area contributed by atoms with Gasteiger partial charge in [0.2, 0.25) is 5.91 Å². The average Bonchev–Trinajstić information content (AvgIpc) is 2.42. The van der Waals surface area contributed by atoms with Crippen LogP contribution in [0.2, 0.25) is 0 Å². The van der Waals surface area contributed by atoms with Gasteiger partial charge in [-0.3, -0.25) is 9.35 Å². The van der Waals surface area contributed by atoms with Gasteiger partial charge in [0.15, 0.2) is 0 Å². The van der Waals surface area contributed by atoms with Gasteiger partial charge in [-0.05, 0) is 24.8 Å². The van der Waals surface area contributed by atoms with Crippen LogP contribution < -0.4 is 5.32 Å². The van der Waals surface area contributed by atoms with Crippen molar-refractivity contribution in [3.8, 4) is 0 Å². The molecule has 1 rings (SSSR count). The molecule has 0 heterocycles. The molecule has 7 nitrogen and oxygen atoms in total. The van der Waals surface area contributed by atoms with Crippen LogP contribution in [0.3, 0.4) is 0 Å². The number of unbranched alkanes of at least 4 members (excludes halogenated alkanes) is 1. The van der Waals surface area contributed by atoms with E-state index in [-0.39, 0.29) is 6.42 Å². The fraction of sp³-hybridized carbons (Fsp3) is 0.429. The number of carbonyl (C=O) groups is 2. The molecule has 1 aromatic carbocycles. The van der Waals surface area contributed by atoms with E-state index < -0.39 is 33.8 Å². The van der Waals surface area contributed by atoms with Crippen molar-refractivity contribution in [3.05, 3.63) is 35.9 Å². The second kappa shape index (κ2) is 8.50. The fourth-order valence-corrected chi connectivity index (χ4v) is 2.56. The molecule has 0 saturated carbocycles. The maximum absolute atomic E-state index is 11.6. The first-order valence-corrected chi connectivity index (χ1v) is 8.40. The van der Waals surface area contributed by atoms with Crippen LogP contribution in [0.4, 0.5) is 0 Å². The van der Waals surface area contributed by atoms with Gasteiger partial charge in [0, 0.05) is 6.42 Å². The summed E-state index contributed by atoms with van der Waals surface area (Å²) in [6.45, 7) is 0. The first-order chi connectivity index (χ1) is 10.3. The number of rotatable bonds is 9. The van der Waals surface area contributed by atoms with E-state index in [1.54, 1.807) is 0 Å². The van der Waals surface area contributed by atoms with Gasteiger partial charge in [-0.15, -0.1) is 0 Å². The third-order valence-electron chi connectivity index (χ3n) is 2.97. The normalized spacial score (nSPS) is 12.6. The molecule has 3 N–H and O–H groups in total. The lowest BCUT2D eigenvalue weighted by Gasteiger charge is -2.12. The van der Waals surface area contributed by atoms with E-state index in [2.05, 4.69) is 5.32 Å². The maximum Gasteiger partial charge on any atom is 0.327 e. The maximum atomic E-state index is 11.6. The summed E-state index contributed by atoms with van der Waals surface area (Å²) in [4.78, 5) is 22.4. The van der Waals surface area contributed by atoms with Crippen LogP contribution in [0.25, 0.3) is 0 Å². The van der Waals surface area contributed by atoms with Crippen LogP contribution in [0, 0.1) is 0 Å². The Hall–Kier alpha value is -1.93. The molecule has 1 amide bonds. The van der Waals surface area contributed by atoms with E-state index in [1.165, 1.54) is 0 Å². The lowest BCUT2D eigenvalue weighted by atomic mass is 10.1. The largest absolute Gasteiger partial charge is 0.480 e. The molecular formula is C14H19NO6S. The number of carboxylic acids is 1. The van der Waals surface area contributed by atoms with Crippen molar-refractivity contribution < 1.29 is 27.7 Å². The highest BCUT2D eigenvalue weighted by Gasteiger charge is 2.25. The number of benzene rings is 1. The van der Waals surface area contributed by atoms with Crippen molar-refractivity contribution in [1.82, 2.24) is 5.32 Å². The summed E-state index contributed by atoms with van der Waals surface area (Å²) in [5.74, 6) is -3.10. The predicted octanol–water partition coefficient (Wildman–Crippen LogP) is 0.857. The number of amides is 1. The highest BCUT2D eigenvalue weighted by molar-refractivity contribution is 7.85. The second-order valence-corrected chi connectivity index (χ2v) is 6.40. The van der Waals surface area contributed by atoms with Gasteiger partial charge in [0.25, 0.3) is 10.1 Å². The lowest BCUT2D eigenvalue weighted by Crippen LogP contribution is -2.45. The molecule has 22 heavy (non-hydrogen) atoms. The number of aryl methyl sites for hydroxylation is 1. The molecule has 0 aliphatic heterocycles. The second-order valence-electron chi connectivity index (χ2n) is 4.90. The number of carbonyl (C=O) groups excluding carboxylic acids is 1. The SMILES string of the molecule is O=C(CCCCc1ccccc1)N[C@@H](CS(=O)(=O)O)C(=O)O. The molecular weight excluding hydrogens is 310 g/mol. The van der Waals surface area contributed by atoms with Gasteiger partial charge in [0.05, 0.1) is 0 Å². The number of hydrogen-bond acceptors (Lipinski definition) is 4. The van der Waals surface area contributed by atoms with Gasteiger partial charge in [-0.2, -0.15) is 8.42 Å². The first-order valence-electron chi connectivity index (χ1n) is 6.79. The van der Waals surface area contributed by atoms with E-state index in [9.17, 15) is 18.0 Å². The van der Waals surface area contributed by atoms with Crippen molar-refractivity contribution in [2.24, 2.45) is 0 Å². The number of nitrogens with one attached hydrogen (secondary N) is 1. The van der Waals surface area contributed by atoms with E-state index in [1.807, 2.05) is 30.3 Å². The number of carboxylic acid groups (broad SMARTS) is 1. The molecule has 0 unspecified atom stereocenters. The standard InChI is InChI=1S/C14H19NO6S/c16-13(15-12(14(17)18)10-22(19,20)21)9-5-4-8-11-6-2-1-3-7-11/h1-3,6-7,12H,4-5,8-10H2,(H,15,16)(H,17,18)(H,19,20,21)/t12-/m0/s1. The third kappa shape index (κ3) is 7.75. The van der Waals surface area contributed by atoms with Gasteiger partial charge >= 0.3 is 5.97 Å². The zero-order chi connectivity index (χ0) is 16.6. The molecule has 0 aromatic heterocycles. The summed E-state index contributed by atoms with van der Waals surface area (Å²) < 4.78 is 30.0. The summed E-state index contributed by atoms with van der Waals surface area (Å²) in [5.41, 5.74) is 1.15. The smallest absolute Gasteiger partial charge is 0.327 e. The Morgan fingerprint density at radius 2 is 1.77 bits per heavy atom. The van der Waals surface area contributed by atoms with Crippen molar-refractivity contribution >= 4 is 22.0 Å². The Morgan fingerprint density at radius 3 is 2.32 bits per heavy atom.